The Morgan fingerprint density at radius 3 is 2.28 bits per heavy atom. The second-order valence-electron chi connectivity index (χ2n) is 8.34. The van der Waals surface area contributed by atoms with Crippen LogP contribution in [0, 0.1) is 0 Å². The lowest BCUT2D eigenvalue weighted by atomic mass is 10.0. The Morgan fingerprint density at radius 1 is 0.944 bits per heavy atom. The Bertz CT molecular complexity index is 1110. The smallest absolute Gasteiger partial charge is 0.243 e. The number of hydrogen-bond donors (Lipinski definition) is 1. The fourth-order valence-corrected chi connectivity index (χ4v) is 4.08. The topological polar surface area (TPSA) is 67.9 Å². The fraction of sp³-hybridized carbons (Fsp3) is 0.310. The number of nitrogens with one attached hydrogen (secondary N) is 1. The Morgan fingerprint density at radius 2 is 1.61 bits per heavy atom. The van der Waals surface area contributed by atoms with Crippen molar-refractivity contribution in [1.82, 2.24) is 10.2 Å². The number of likely N-dealkylation sites (N-methyl/N-ethyl adjacent to an activating group) is 1. The molecule has 7 heteroatoms. The van der Waals surface area contributed by atoms with E-state index in [1.54, 1.807) is 18.1 Å². The van der Waals surface area contributed by atoms with Gasteiger partial charge in [0.15, 0.2) is 0 Å². The highest BCUT2D eigenvalue weighted by atomic mass is 35.5. The van der Waals surface area contributed by atoms with Crippen LogP contribution in [0.25, 0.3) is 0 Å². The van der Waals surface area contributed by atoms with Crippen molar-refractivity contribution < 1.29 is 19.1 Å². The number of amides is 2. The van der Waals surface area contributed by atoms with E-state index in [4.69, 9.17) is 21.1 Å². The SMILES string of the molecule is CCNC(=O)[C@@H](Cc1ccccc1)N(Cc1ccccc1Cl)C(=O)CCCOc1ccc(OC)cc1. The van der Waals surface area contributed by atoms with Crippen LogP contribution in [0.15, 0.2) is 78.9 Å². The van der Waals surface area contributed by atoms with Gasteiger partial charge in [-0.15, -0.1) is 0 Å². The number of carbonyl (C=O) groups excluding carboxylic acids is 2. The molecule has 2 amide bonds. The molecule has 0 heterocycles. The molecule has 0 aliphatic carbocycles. The van der Waals surface area contributed by atoms with Gasteiger partial charge in [-0.25, -0.2) is 0 Å². The molecule has 0 bridgehead atoms. The zero-order valence-electron chi connectivity index (χ0n) is 20.8. The number of methoxy groups -OCH3 is 1. The molecule has 1 N–H and O–H groups in total. The maximum Gasteiger partial charge on any atom is 0.243 e. The molecule has 0 radical (unpaired) electrons. The van der Waals surface area contributed by atoms with Gasteiger partial charge >= 0.3 is 0 Å². The van der Waals surface area contributed by atoms with Gasteiger partial charge < -0.3 is 19.7 Å². The Balaban J connectivity index is 1.75. The highest BCUT2D eigenvalue weighted by molar-refractivity contribution is 6.31. The lowest BCUT2D eigenvalue weighted by Crippen LogP contribution is -2.50. The zero-order valence-corrected chi connectivity index (χ0v) is 21.5. The van der Waals surface area contributed by atoms with Gasteiger partial charge in [0.25, 0.3) is 0 Å². The first kappa shape index (κ1) is 27.1. The second-order valence-corrected chi connectivity index (χ2v) is 8.75. The van der Waals surface area contributed by atoms with Crippen LogP contribution in [0.2, 0.25) is 5.02 Å². The van der Waals surface area contributed by atoms with Crippen LogP contribution in [0.4, 0.5) is 0 Å². The van der Waals surface area contributed by atoms with Crippen molar-refractivity contribution in [2.24, 2.45) is 0 Å². The minimum atomic E-state index is -0.668. The molecular weight excluding hydrogens is 476 g/mol. The maximum atomic E-state index is 13.5. The molecule has 3 aromatic rings. The summed E-state index contributed by atoms with van der Waals surface area (Å²) in [6.07, 6.45) is 1.16. The first-order valence-corrected chi connectivity index (χ1v) is 12.5. The van der Waals surface area contributed by atoms with Crippen LogP contribution in [-0.2, 0) is 22.6 Å². The number of nitrogens with zero attached hydrogens (tertiary/aromatic N) is 1. The number of benzene rings is 3. The van der Waals surface area contributed by atoms with Crippen molar-refractivity contribution in [1.29, 1.82) is 0 Å². The van der Waals surface area contributed by atoms with E-state index in [1.807, 2.05) is 79.7 Å². The summed E-state index contributed by atoms with van der Waals surface area (Å²) in [7, 11) is 1.61. The van der Waals surface area contributed by atoms with Crippen molar-refractivity contribution in [3.8, 4) is 11.5 Å². The van der Waals surface area contributed by atoms with Crippen molar-refractivity contribution in [3.05, 3.63) is 95.0 Å². The van der Waals surface area contributed by atoms with Crippen LogP contribution < -0.4 is 14.8 Å². The third-order valence-corrected chi connectivity index (χ3v) is 6.15. The molecule has 1 atom stereocenters. The van der Waals surface area contributed by atoms with Gasteiger partial charge in [0.05, 0.1) is 13.7 Å². The molecule has 0 aliphatic heterocycles. The largest absolute Gasteiger partial charge is 0.497 e. The van der Waals surface area contributed by atoms with Gasteiger partial charge in [0.1, 0.15) is 17.5 Å². The van der Waals surface area contributed by atoms with Gasteiger partial charge in [0.2, 0.25) is 11.8 Å². The predicted octanol–water partition coefficient (Wildman–Crippen LogP) is 5.28. The molecular formula is C29H33ClN2O4. The second kappa shape index (κ2) is 14.1. The zero-order chi connectivity index (χ0) is 25.8. The summed E-state index contributed by atoms with van der Waals surface area (Å²) in [5, 5.41) is 3.46. The standard InChI is InChI=1S/C29H33ClN2O4/c1-3-31-29(34)27(20-22-10-5-4-6-11-22)32(21-23-12-7-8-13-26(23)30)28(33)14-9-19-36-25-17-15-24(35-2)16-18-25/h4-8,10-13,15-18,27H,3,9,14,19-21H2,1-2H3,(H,31,34)/t27-/m1/s1. The number of hydrogen-bond acceptors (Lipinski definition) is 4. The van der Waals surface area contributed by atoms with Gasteiger partial charge in [-0.05, 0) is 54.8 Å². The van der Waals surface area contributed by atoms with Gasteiger partial charge in [-0.3, -0.25) is 9.59 Å². The van der Waals surface area contributed by atoms with Crippen LogP contribution >= 0.6 is 11.6 Å². The minimum Gasteiger partial charge on any atom is -0.497 e. The van der Waals surface area contributed by atoms with Crippen LogP contribution in [0.5, 0.6) is 11.5 Å². The van der Waals surface area contributed by atoms with Gasteiger partial charge in [-0.2, -0.15) is 0 Å². The molecule has 3 aromatic carbocycles. The molecule has 0 unspecified atom stereocenters. The van der Waals surface area contributed by atoms with E-state index in [9.17, 15) is 9.59 Å². The van der Waals surface area contributed by atoms with E-state index in [0.717, 1.165) is 16.9 Å². The highest BCUT2D eigenvalue weighted by Crippen LogP contribution is 2.22. The normalized spacial score (nSPS) is 11.4. The Kier molecular flexibility index (Phi) is 10.6. The first-order chi connectivity index (χ1) is 17.5. The van der Waals surface area contributed by atoms with Crippen LogP contribution in [0.3, 0.4) is 0 Å². The maximum absolute atomic E-state index is 13.5. The molecule has 6 nitrogen and oxygen atoms in total. The van der Waals surface area contributed by atoms with Gasteiger partial charge in [0, 0.05) is 31.0 Å². The lowest BCUT2D eigenvalue weighted by Gasteiger charge is -2.32. The molecule has 0 fully saturated rings. The quantitative estimate of drug-likeness (QED) is 0.319. The predicted molar refractivity (Wildman–Crippen MR) is 142 cm³/mol. The van der Waals surface area contributed by atoms with E-state index in [0.29, 0.717) is 36.8 Å². The van der Waals surface area contributed by atoms with E-state index in [2.05, 4.69) is 5.32 Å². The third kappa shape index (κ3) is 8.02. The molecule has 190 valence electrons. The lowest BCUT2D eigenvalue weighted by molar-refractivity contribution is -0.141. The molecule has 0 aliphatic rings. The molecule has 0 saturated heterocycles. The summed E-state index contributed by atoms with van der Waals surface area (Å²) in [5.74, 6) is 1.15. The molecule has 0 spiro atoms. The molecule has 0 aromatic heterocycles. The molecule has 3 rings (SSSR count). The first-order valence-electron chi connectivity index (χ1n) is 12.1. The summed E-state index contributed by atoms with van der Waals surface area (Å²) in [5.41, 5.74) is 1.78. The number of ether oxygens (including phenoxy) is 2. The Labute approximate surface area is 218 Å². The van der Waals surface area contributed by atoms with E-state index >= 15 is 0 Å². The number of rotatable bonds is 13. The summed E-state index contributed by atoms with van der Waals surface area (Å²) in [6.45, 7) is 2.97. The van der Waals surface area contributed by atoms with E-state index in [1.165, 1.54) is 0 Å². The van der Waals surface area contributed by atoms with Crippen LogP contribution in [0.1, 0.15) is 30.9 Å². The van der Waals surface area contributed by atoms with E-state index in [-0.39, 0.29) is 24.8 Å². The summed E-state index contributed by atoms with van der Waals surface area (Å²) >= 11 is 6.43. The highest BCUT2D eigenvalue weighted by Gasteiger charge is 2.30. The number of halogens is 1. The summed E-state index contributed by atoms with van der Waals surface area (Å²) < 4.78 is 11.0. The van der Waals surface area contributed by atoms with Crippen molar-refractivity contribution >= 4 is 23.4 Å². The van der Waals surface area contributed by atoms with E-state index < -0.39 is 6.04 Å². The monoisotopic (exact) mass is 508 g/mol. The third-order valence-electron chi connectivity index (χ3n) is 5.78. The van der Waals surface area contributed by atoms with Gasteiger partial charge in [-0.1, -0.05) is 60.1 Å². The van der Waals surface area contributed by atoms with Crippen molar-refractivity contribution in [2.45, 2.75) is 38.8 Å². The average Bonchev–Trinajstić information content (AvgIpc) is 2.90. The van der Waals surface area contributed by atoms with Crippen molar-refractivity contribution in [3.63, 3.8) is 0 Å². The fourth-order valence-electron chi connectivity index (χ4n) is 3.89. The molecule has 36 heavy (non-hydrogen) atoms. The minimum absolute atomic E-state index is 0.125. The summed E-state index contributed by atoms with van der Waals surface area (Å²) in [6, 6.07) is 23.8. The average molecular weight is 509 g/mol. The van der Waals surface area contributed by atoms with Crippen molar-refractivity contribution in [2.75, 3.05) is 20.3 Å². The summed E-state index contributed by atoms with van der Waals surface area (Å²) in [4.78, 5) is 28.3. The Hall–Kier alpha value is -3.51. The van der Waals surface area contributed by atoms with Crippen LogP contribution in [-0.4, -0.2) is 43.0 Å². The number of carbonyl (C=O) groups is 2. The molecule has 0 saturated carbocycles.